The lowest BCUT2D eigenvalue weighted by Gasteiger charge is -2.43. The standard InChI is InChI=1S/C18H31FN2O5/c1-17(2,3)26-16(23)21-9-7-20(8-10-21)15-6-5-13(11-14(15)19)25-18(4,24)12-22/h12-15,24H,5-11H2,1-4H3. The topological polar surface area (TPSA) is 79.3 Å². The highest BCUT2D eigenvalue weighted by Crippen LogP contribution is 2.30. The quantitative estimate of drug-likeness (QED) is 0.596. The molecule has 0 bridgehead atoms. The van der Waals surface area contributed by atoms with Gasteiger partial charge in [-0.05, 0) is 40.5 Å². The van der Waals surface area contributed by atoms with E-state index in [2.05, 4.69) is 4.90 Å². The zero-order chi connectivity index (χ0) is 19.5. The molecule has 150 valence electrons. The Labute approximate surface area is 154 Å². The molecule has 0 spiro atoms. The van der Waals surface area contributed by atoms with Crippen LogP contribution in [0.2, 0.25) is 0 Å². The number of aliphatic hydroxyl groups is 1. The van der Waals surface area contributed by atoms with Gasteiger partial charge in [-0.3, -0.25) is 9.69 Å². The van der Waals surface area contributed by atoms with E-state index >= 15 is 0 Å². The Morgan fingerprint density at radius 3 is 2.27 bits per heavy atom. The van der Waals surface area contributed by atoms with E-state index in [1.165, 1.54) is 6.92 Å². The zero-order valence-corrected chi connectivity index (χ0v) is 16.1. The number of nitrogens with zero attached hydrogens (tertiary/aromatic N) is 2. The van der Waals surface area contributed by atoms with Crippen LogP contribution in [0.4, 0.5) is 9.18 Å². The maximum Gasteiger partial charge on any atom is 0.410 e. The summed E-state index contributed by atoms with van der Waals surface area (Å²) in [6.45, 7) is 8.97. The number of halogens is 1. The summed E-state index contributed by atoms with van der Waals surface area (Å²) in [5.41, 5.74) is -0.528. The van der Waals surface area contributed by atoms with Crippen LogP contribution in [0.1, 0.15) is 47.0 Å². The first-order valence-corrected chi connectivity index (χ1v) is 9.23. The van der Waals surface area contributed by atoms with Gasteiger partial charge in [0.25, 0.3) is 0 Å². The third-order valence-corrected chi connectivity index (χ3v) is 4.75. The molecule has 2 aliphatic rings. The molecule has 1 aliphatic carbocycles. The lowest BCUT2D eigenvalue weighted by Crippen LogP contribution is -2.56. The summed E-state index contributed by atoms with van der Waals surface area (Å²) >= 11 is 0. The highest BCUT2D eigenvalue weighted by molar-refractivity contribution is 5.68. The maximum absolute atomic E-state index is 14.6. The van der Waals surface area contributed by atoms with Gasteiger partial charge >= 0.3 is 6.09 Å². The fourth-order valence-electron chi connectivity index (χ4n) is 3.51. The molecule has 0 radical (unpaired) electrons. The summed E-state index contributed by atoms with van der Waals surface area (Å²) in [7, 11) is 0. The molecule has 4 atom stereocenters. The Hall–Kier alpha value is -1.25. The molecule has 26 heavy (non-hydrogen) atoms. The van der Waals surface area contributed by atoms with Crippen molar-refractivity contribution in [3.8, 4) is 0 Å². The number of piperazine rings is 1. The molecule has 1 aliphatic heterocycles. The third kappa shape index (κ3) is 5.89. The minimum Gasteiger partial charge on any atom is -0.444 e. The number of ether oxygens (including phenoxy) is 2. The molecule has 0 aromatic rings. The second kappa shape index (κ2) is 8.19. The average Bonchev–Trinajstić information content (AvgIpc) is 2.53. The van der Waals surface area contributed by atoms with E-state index in [-0.39, 0.29) is 18.6 Å². The Balaban J connectivity index is 1.81. The molecule has 1 saturated heterocycles. The van der Waals surface area contributed by atoms with Gasteiger partial charge in [0.15, 0.2) is 6.29 Å². The van der Waals surface area contributed by atoms with Gasteiger partial charge in [-0.1, -0.05) is 0 Å². The molecule has 2 rings (SSSR count). The van der Waals surface area contributed by atoms with Gasteiger partial charge in [0.1, 0.15) is 11.8 Å². The number of hydrogen-bond acceptors (Lipinski definition) is 6. The molecule has 1 amide bonds. The number of alkyl halides is 1. The van der Waals surface area contributed by atoms with Crippen molar-refractivity contribution in [2.75, 3.05) is 26.2 Å². The minimum absolute atomic E-state index is 0.154. The van der Waals surface area contributed by atoms with Crippen LogP contribution in [-0.4, -0.2) is 83.2 Å². The summed E-state index contributed by atoms with van der Waals surface area (Å²) < 4.78 is 25.3. The number of carbonyl (C=O) groups excluding carboxylic acids is 2. The monoisotopic (exact) mass is 374 g/mol. The molecule has 2 fully saturated rings. The molecule has 8 heteroatoms. The number of carbonyl (C=O) groups is 2. The lowest BCUT2D eigenvalue weighted by atomic mass is 9.89. The van der Waals surface area contributed by atoms with Gasteiger partial charge in [0.05, 0.1) is 6.10 Å². The summed E-state index contributed by atoms with van der Waals surface area (Å²) in [6, 6.07) is -0.225. The summed E-state index contributed by atoms with van der Waals surface area (Å²) in [5.74, 6) is -1.86. The van der Waals surface area contributed by atoms with Gasteiger partial charge in [0, 0.05) is 38.6 Å². The van der Waals surface area contributed by atoms with Crippen molar-refractivity contribution in [1.29, 1.82) is 0 Å². The second-order valence-corrected chi connectivity index (χ2v) is 8.31. The number of hydrogen-bond donors (Lipinski definition) is 1. The summed E-state index contributed by atoms with van der Waals surface area (Å²) in [4.78, 5) is 26.6. The van der Waals surface area contributed by atoms with E-state index in [1.807, 2.05) is 20.8 Å². The maximum atomic E-state index is 14.6. The van der Waals surface area contributed by atoms with Gasteiger partial charge in [0.2, 0.25) is 5.79 Å². The molecular formula is C18H31FN2O5. The summed E-state index contributed by atoms with van der Waals surface area (Å²) in [5, 5.41) is 9.67. The van der Waals surface area contributed by atoms with Gasteiger partial charge in [-0.15, -0.1) is 0 Å². The predicted molar refractivity (Wildman–Crippen MR) is 93.5 cm³/mol. The average molecular weight is 374 g/mol. The molecule has 1 heterocycles. The van der Waals surface area contributed by atoms with Gasteiger partial charge in [-0.2, -0.15) is 0 Å². The summed E-state index contributed by atoms with van der Waals surface area (Å²) in [6.07, 6.45) is -0.242. The fourth-order valence-corrected chi connectivity index (χ4v) is 3.51. The molecular weight excluding hydrogens is 343 g/mol. The highest BCUT2D eigenvalue weighted by Gasteiger charge is 2.39. The lowest BCUT2D eigenvalue weighted by molar-refractivity contribution is -0.213. The first kappa shape index (κ1) is 21.1. The number of rotatable bonds is 4. The first-order chi connectivity index (χ1) is 12.0. The van der Waals surface area contributed by atoms with Crippen LogP contribution in [-0.2, 0) is 14.3 Å². The van der Waals surface area contributed by atoms with E-state index in [1.54, 1.807) is 4.90 Å². The Kier molecular flexibility index (Phi) is 6.63. The van der Waals surface area contributed by atoms with Crippen LogP contribution in [0.25, 0.3) is 0 Å². The molecule has 0 aromatic carbocycles. The Bertz CT molecular complexity index is 500. The van der Waals surface area contributed by atoms with Crippen molar-refractivity contribution >= 4 is 12.4 Å². The predicted octanol–water partition coefficient (Wildman–Crippen LogP) is 1.72. The van der Waals surface area contributed by atoms with Crippen LogP contribution in [0.5, 0.6) is 0 Å². The van der Waals surface area contributed by atoms with Crippen LogP contribution < -0.4 is 0 Å². The highest BCUT2D eigenvalue weighted by atomic mass is 19.1. The number of aldehydes is 1. The van der Waals surface area contributed by atoms with Gasteiger partial charge < -0.3 is 19.5 Å². The fraction of sp³-hybridized carbons (Fsp3) is 0.889. The van der Waals surface area contributed by atoms with E-state index in [0.29, 0.717) is 45.3 Å². The van der Waals surface area contributed by atoms with Crippen molar-refractivity contribution in [2.24, 2.45) is 0 Å². The first-order valence-electron chi connectivity index (χ1n) is 9.23. The van der Waals surface area contributed by atoms with E-state index in [4.69, 9.17) is 9.47 Å². The van der Waals surface area contributed by atoms with Crippen LogP contribution in [0, 0.1) is 0 Å². The van der Waals surface area contributed by atoms with E-state index < -0.39 is 23.7 Å². The molecule has 1 saturated carbocycles. The van der Waals surface area contributed by atoms with Crippen molar-refractivity contribution < 1.29 is 28.6 Å². The van der Waals surface area contributed by atoms with Crippen LogP contribution in [0.15, 0.2) is 0 Å². The van der Waals surface area contributed by atoms with Crippen LogP contribution >= 0.6 is 0 Å². The van der Waals surface area contributed by atoms with E-state index in [0.717, 1.165) is 0 Å². The van der Waals surface area contributed by atoms with Gasteiger partial charge in [-0.25, -0.2) is 9.18 Å². The number of amides is 1. The van der Waals surface area contributed by atoms with Crippen molar-refractivity contribution in [2.45, 2.75) is 76.7 Å². The zero-order valence-electron chi connectivity index (χ0n) is 16.1. The minimum atomic E-state index is -1.86. The second-order valence-electron chi connectivity index (χ2n) is 8.31. The van der Waals surface area contributed by atoms with Crippen molar-refractivity contribution in [3.63, 3.8) is 0 Å². The molecule has 0 aromatic heterocycles. The molecule has 4 unspecified atom stereocenters. The van der Waals surface area contributed by atoms with Crippen molar-refractivity contribution in [3.05, 3.63) is 0 Å². The largest absolute Gasteiger partial charge is 0.444 e. The normalized spacial score (nSPS) is 30.5. The van der Waals surface area contributed by atoms with Crippen molar-refractivity contribution in [1.82, 2.24) is 9.80 Å². The Morgan fingerprint density at radius 2 is 1.77 bits per heavy atom. The van der Waals surface area contributed by atoms with Crippen LogP contribution in [0.3, 0.4) is 0 Å². The molecule has 7 nitrogen and oxygen atoms in total. The third-order valence-electron chi connectivity index (χ3n) is 4.75. The molecule has 1 N–H and O–H groups in total. The SMILES string of the molecule is CC(C)(C)OC(=O)N1CCN(C2CCC(OC(C)(O)C=O)CC2F)CC1. The Morgan fingerprint density at radius 1 is 1.15 bits per heavy atom. The van der Waals surface area contributed by atoms with E-state index in [9.17, 15) is 19.1 Å². The smallest absolute Gasteiger partial charge is 0.410 e.